The molecule has 15 heavy (non-hydrogen) atoms. The molecule has 0 spiro atoms. The van der Waals surface area contributed by atoms with Crippen molar-refractivity contribution in [3.63, 3.8) is 0 Å². The van der Waals surface area contributed by atoms with Gasteiger partial charge in [-0.3, -0.25) is 0 Å². The Hall–Kier alpha value is -1.28. The third-order valence-electron chi connectivity index (χ3n) is 2.64. The zero-order chi connectivity index (χ0) is 10.3. The van der Waals surface area contributed by atoms with Crippen molar-refractivity contribution in [2.24, 2.45) is 0 Å². The Morgan fingerprint density at radius 1 is 1.00 bits per heavy atom. The molecule has 2 aromatic carbocycles. The molecule has 3 rings (SSSR count). The van der Waals surface area contributed by atoms with Crippen LogP contribution in [-0.4, -0.2) is 0 Å². The lowest BCUT2D eigenvalue weighted by atomic mass is 9.97. The van der Waals surface area contributed by atoms with Crippen molar-refractivity contribution >= 4 is 15.9 Å². The zero-order valence-corrected chi connectivity index (χ0v) is 9.62. The van der Waals surface area contributed by atoms with Crippen LogP contribution in [0.25, 0.3) is 11.1 Å². The fraction of sp³-hybridized carbons (Fsp3) is 0.0769. The van der Waals surface area contributed by atoms with Crippen LogP contribution in [0.2, 0.25) is 0 Å². The van der Waals surface area contributed by atoms with Gasteiger partial charge < -0.3 is 4.74 Å². The lowest BCUT2D eigenvalue weighted by molar-refractivity contribution is 0.302. The van der Waals surface area contributed by atoms with E-state index in [1.807, 2.05) is 24.3 Å². The van der Waals surface area contributed by atoms with Crippen LogP contribution in [-0.2, 0) is 6.61 Å². The zero-order valence-electron chi connectivity index (χ0n) is 8.03. The second kappa shape index (κ2) is 3.38. The molecular formula is C13H9BrO. The van der Waals surface area contributed by atoms with Gasteiger partial charge in [0.2, 0.25) is 0 Å². The second-order valence-corrected chi connectivity index (χ2v) is 4.41. The third-order valence-corrected chi connectivity index (χ3v) is 3.30. The smallest absolute Gasteiger partial charge is 0.127 e. The molecule has 0 unspecified atom stereocenters. The summed E-state index contributed by atoms with van der Waals surface area (Å²) in [6, 6.07) is 14.4. The number of para-hydroxylation sites is 1. The average Bonchev–Trinajstić information content (AvgIpc) is 2.29. The van der Waals surface area contributed by atoms with Crippen LogP contribution in [0, 0.1) is 0 Å². The standard InChI is InChI=1S/C13H9BrO/c14-11-6-3-4-9-8-15-12-7-2-1-5-10(12)13(9)11/h1-7H,8H2. The number of ether oxygens (including phenoxy) is 1. The fourth-order valence-electron chi connectivity index (χ4n) is 1.95. The highest BCUT2D eigenvalue weighted by Gasteiger charge is 2.18. The topological polar surface area (TPSA) is 9.23 Å². The van der Waals surface area contributed by atoms with Crippen molar-refractivity contribution in [1.29, 1.82) is 0 Å². The molecule has 1 aliphatic rings. The van der Waals surface area contributed by atoms with Gasteiger partial charge in [0.1, 0.15) is 12.4 Å². The van der Waals surface area contributed by atoms with Crippen molar-refractivity contribution in [1.82, 2.24) is 0 Å². The molecule has 0 bridgehead atoms. The maximum Gasteiger partial charge on any atom is 0.127 e. The van der Waals surface area contributed by atoms with Gasteiger partial charge >= 0.3 is 0 Å². The first-order chi connectivity index (χ1) is 7.36. The highest BCUT2D eigenvalue weighted by molar-refractivity contribution is 9.10. The van der Waals surface area contributed by atoms with Gasteiger partial charge in [0.05, 0.1) is 0 Å². The van der Waals surface area contributed by atoms with E-state index in [0.717, 1.165) is 10.2 Å². The Balaban J connectivity index is 2.33. The van der Waals surface area contributed by atoms with Crippen molar-refractivity contribution in [3.05, 3.63) is 52.5 Å². The molecule has 1 nitrogen and oxygen atoms in total. The van der Waals surface area contributed by atoms with E-state index in [9.17, 15) is 0 Å². The molecule has 74 valence electrons. The summed E-state index contributed by atoms with van der Waals surface area (Å²) >= 11 is 3.60. The van der Waals surface area contributed by atoms with Crippen molar-refractivity contribution < 1.29 is 4.74 Å². The maximum atomic E-state index is 5.68. The van der Waals surface area contributed by atoms with Gasteiger partial charge in [-0.25, -0.2) is 0 Å². The van der Waals surface area contributed by atoms with E-state index in [1.165, 1.54) is 16.7 Å². The first kappa shape index (κ1) is 8.98. The lowest BCUT2D eigenvalue weighted by Crippen LogP contribution is -2.05. The quantitative estimate of drug-likeness (QED) is 0.696. The molecule has 0 saturated heterocycles. The Morgan fingerprint density at radius 3 is 2.80 bits per heavy atom. The van der Waals surface area contributed by atoms with E-state index in [2.05, 4.69) is 34.1 Å². The fourth-order valence-corrected chi connectivity index (χ4v) is 2.57. The first-order valence-electron chi connectivity index (χ1n) is 4.86. The van der Waals surface area contributed by atoms with Crippen LogP contribution in [0.15, 0.2) is 46.9 Å². The molecule has 2 aromatic rings. The van der Waals surface area contributed by atoms with Crippen LogP contribution >= 0.6 is 15.9 Å². The first-order valence-corrected chi connectivity index (χ1v) is 5.65. The van der Waals surface area contributed by atoms with Crippen molar-refractivity contribution in [3.8, 4) is 16.9 Å². The van der Waals surface area contributed by atoms with Gasteiger partial charge in [-0.2, -0.15) is 0 Å². The van der Waals surface area contributed by atoms with Gasteiger partial charge in [0, 0.05) is 15.6 Å². The summed E-state index contributed by atoms with van der Waals surface area (Å²) in [5.41, 5.74) is 3.67. The predicted octanol–water partition coefficient (Wildman–Crippen LogP) is 4.01. The average molecular weight is 261 g/mol. The Bertz CT molecular complexity index is 520. The molecule has 0 saturated carbocycles. The van der Waals surface area contributed by atoms with Gasteiger partial charge in [-0.1, -0.05) is 46.3 Å². The van der Waals surface area contributed by atoms with Crippen molar-refractivity contribution in [2.75, 3.05) is 0 Å². The molecule has 0 N–H and O–H groups in total. The Labute approximate surface area is 96.8 Å². The second-order valence-electron chi connectivity index (χ2n) is 3.56. The highest BCUT2D eigenvalue weighted by atomic mass is 79.9. The Morgan fingerprint density at radius 2 is 1.87 bits per heavy atom. The Kier molecular flexibility index (Phi) is 2.03. The molecule has 0 atom stereocenters. The summed E-state index contributed by atoms with van der Waals surface area (Å²) < 4.78 is 6.82. The monoisotopic (exact) mass is 260 g/mol. The van der Waals surface area contributed by atoms with Crippen molar-refractivity contribution in [2.45, 2.75) is 6.61 Å². The number of rotatable bonds is 0. The van der Waals surface area contributed by atoms with E-state index in [4.69, 9.17) is 4.74 Å². The molecule has 2 heteroatoms. The minimum atomic E-state index is 0.659. The summed E-state index contributed by atoms with van der Waals surface area (Å²) in [6.45, 7) is 0.659. The SMILES string of the molecule is Brc1cccc2c1-c1ccccc1OC2. The molecular weight excluding hydrogens is 252 g/mol. The van der Waals surface area contributed by atoms with Crippen LogP contribution in [0.4, 0.5) is 0 Å². The summed E-state index contributed by atoms with van der Waals surface area (Å²) in [7, 11) is 0. The summed E-state index contributed by atoms with van der Waals surface area (Å²) in [6.07, 6.45) is 0. The van der Waals surface area contributed by atoms with Crippen LogP contribution in [0.5, 0.6) is 5.75 Å². The van der Waals surface area contributed by atoms with Gasteiger partial charge in [-0.05, 0) is 17.7 Å². The van der Waals surface area contributed by atoms with Gasteiger partial charge in [-0.15, -0.1) is 0 Å². The lowest BCUT2D eigenvalue weighted by Gasteiger charge is -2.21. The third kappa shape index (κ3) is 1.37. The largest absolute Gasteiger partial charge is 0.488 e. The maximum absolute atomic E-state index is 5.68. The van der Waals surface area contributed by atoms with E-state index in [0.29, 0.717) is 6.61 Å². The number of hydrogen-bond acceptors (Lipinski definition) is 1. The van der Waals surface area contributed by atoms with E-state index in [1.54, 1.807) is 0 Å². The summed E-state index contributed by atoms with van der Waals surface area (Å²) in [4.78, 5) is 0. The minimum absolute atomic E-state index is 0.659. The van der Waals surface area contributed by atoms with Crippen LogP contribution < -0.4 is 4.74 Å². The van der Waals surface area contributed by atoms with Gasteiger partial charge in [0.25, 0.3) is 0 Å². The predicted molar refractivity (Wildman–Crippen MR) is 63.9 cm³/mol. The molecule has 0 aliphatic carbocycles. The number of fused-ring (bicyclic) bond motifs is 3. The number of benzene rings is 2. The minimum Gasteiger partial charge on any atom is -0.488 e. The molecule has 0 fully saturated rings. The molecule has 0 aromatic heterocycles. The number of halogens is 1. The van der Waals surface area contributed by atoms with Crippen LogP contribution in [0.1, 0.15) is 5.56 Å². The summed E-state index contributed by atoms with van der Waals surface area (Å²) in [5, 5.41) is 0. The molecule has 1 aliphatic heterocycles. The summed E-state index contributed by atoms with van der Waals surface area (Å²) in [5.74, 6) is 0.969. The molecule has 0 radical (unpaired) electrons. The molecule has 1 heterocycles. The van der Waals surface area contributed by atoms with Crippen LogP contribution in [0.3, 0.4) is 0 Å². The van der Waals surface area contributed by atoms with E-state index in [-0.39, 0.29) is 0 Å². The normalized spacial score (nSPS) is 12.6. The number of hydrogen-bond donors (Lipinski definition) is 0. The van der Waals surface area contributed by atoms with Gasteiger partial charge in [0.15, 0.2) is 0 Å². The van der Waals surface area contributed by atoms with E-state index < -0.39 is 0 Å². The van der Waals surface area contributed by atoms with E-state index >= 15 is 0 Å². The molecule has 0 amide bonds. The highest BCUT2D eigenvalue weighted by Crippen LogP contribution is 2.41.